The zero-order chi connectivity index (χ0) is 8.15. The van der Waals surface area contributed by atoms with Gasteiger partial charge in [0.15, 0.2) is 0 Å². The lowest BCUT2D eigenvalue weighted by Gasteiger charge is -2.18. The highest BCUT2D eigenvalue weighted by atomic mass is 79.9. The van der Waals surface area contributed by atoms with Crippen molar-refractivity contribution in [1.82, 2.24) is 5.32 Å². The standard InChI is InChI=1S/C8H16BrN/c1-5-8(7(4)9)10-6(2)3/h6,8,10H,4-5H2,1-3H3. The van der Waals surface area contributed by atoms with Crippen LogP contribution in [0.25, 0.3) is 0 Å². The Kier molecular flexibility index (Phi) is 5.00. The van der Waals surface area contributed by atoms with Crippen LogP contribution in [0.1, 0.15) is 27.2 Å². The van der Waals surface area contributed by atoms with Crippen LogP contribution < -0.4 is 5.32 Å². The smallest absolute Gasteiger partial charge is 0.0379 e. The van der Waals surface area contributed by atoms with E-state index in [1.165, 1.54) is 0 Å². The molecular weight excluding hydrogens is 190 g/mol. The first-order valence-electron chi connectivity index (χ1n) is 3.68. The number of hydrogen-bond acceptors (Lipinski definition) is 1. The molecule has 1 unspecified atom stereocenters. The fraction of sp³-hybridized carbons (Fsp3) is 0.750. The molecule has 0 heterocycles. The van der Waals surface area contributed by atoms with Gasteiger partial charge < -0.3 is 5.32 Å². The Bertz CT molecular complexity index is 110. The first-order chi connectivity index (χ1) is 4.57. The van der Waals surface area contributed by atoms with Crippen molar-refractivity contribution >= 4 is 15.9 Å². The Morgan fingerprint density at radius 3 is 2.20 bits per heavy atom. The van der Waals surface area contributed by atoms with Crippen LogP contribution in [0.2, 0.25) is 0 Å². The molecule has 0 aromatic rings. The minimum Gasteiger partial charge on any atom is -0.307 e. The maximum absolute atomic E-state index is 3.83. The summed E-state index contributed by atoms with van der Waals surface area (Å²) in [6.45, 7) is 10.3. The molecule has 0 aliphatic rings. The van der Waals surface area contributed by atoms with Gasteiger partial charge in [-0.3, -0.25) is 0 Å². The van der Waals surface area contributed by atoms with E-state index in [-0.39, 0.29) is 0 Å². The molecule has 0 amide bonds. The molecule has 0 fully saturated rings. The second-order valence-electron chi connectivity index (χ2n) is 2.73. The minimum atomic E-state index is 0.417. The summed E-state index contributed by atoms with van der Waals surface area (Å²) in [4.78, 5) is 0. The van der Waals surface area contributed by atoms with Crippen LogP contribution in [0.15, 0.2) is 11.1 Å². The third-order valence-electron chi connectivity index (χ3n) is 1.32. The zero-order valence-electron chi connectivity index (χ0n) is 6.95. The van der Waals surface area contributed by atoms with E-state index in [1.807, 2.05) is 0 Å². The molecule has 1 atom stereocenters. The van der Waals surface area contributed by atoms with Crippen LogP contribution in [0.3, 0.4) is 0 Å². The predicted octanol–water partition coefficient (Wildman–Crippen LogP) is 2.67. The van der Waals surface area contributed by atoms with E-state index in [0.717, 1.165) is 10.9 Å². The van der Waals surface area contributed by atoms with Crippen molar-refractivity contribution in [3.63, 3.8) is 0 Å². The molecule has 10 heavy (non-hydrogen) atoms. The van der Waals surface area contributed by atoms with Gasteiger partial charge in [0, 0.05) is 16.6 Å². The van der Waals surface area contributed by atoms with E-state index in [1.54, 1.807) is 0 Å². The van der Waals surface area contributed by atoms with E-state index in [2.05, 4.69) is 48.6 Å². The zero-order valence-corrected chi connectivity index (χ0v) is 8.53. The maximum atomic E-state index is 3.83. The largest absolute Gasteiger partial charge is 0.307 e. The Morgan fingerprint density at radius 1 is 1.60 bits per heavy atom. The van der Waals surface area contributed by atoms with Crippen LogP contribution >= 0.6 is 15.9 Å². The number of hydrogen-bond donors (Lipinski definition) is 1. The number of nitrogens with one attached hydrogen (secondary N) is 1. The third-order valence-corrected chi connectivity index (χ3v) is 1.87. The topological polar surface area (TPSA) is 12.0 Å². The van der Waals surface area contributed by atoms with E-state index in [9.17, 15) is 0 Å². The minimum absolute atomic E-state index is 0.417. The van der Waals surface area contributed by atoms with Crippen LogP contribution in [-0.2, 0) is 0 Å². The molecule has 0 saturated carbocycles. The van der Waals surface area contributed by atoms with Crippen molar-refractivity contribution in [2.45, 2.75) is 39.3 Å². The fourth-order valence-electron chi connectivity index (χ4n) is 0.832. The van der Waals surface area contributed by atoms with Crippen LogP contribution in [0.5, 0.6) is 0 Å². The van der Waals surface area contributed by atoms with Gasteiger partial charge in [-0.25, -0.2) is 0 Å². The highest BCUT2D eigenvalue weighted by Gasteiger charge is 2.07. The molecule has 2 heteroatoms. The van der Waals surface area contributed by atoms with Gasteiger partial charge in [0.05, 0.1) is 0 Å². The third kappa shape index (κ3) is 4.07. The highest BCUT2D eigenvalue weighted by Crippen LogP contribution is 2.11. The Balaban J connectivity index is 3.72. The molecule has 60 valence electrons. The van der Waals surface area contributed by atoms with Gasteiger partial charge in [-0.15, -0.1) is 0 Å². The first kappa shape index (κ1) is 10.2. The normalized spacial score (nSPS) is 13.7. The van der Waals surface area contributed by atoms with Gasteiger partial charge >= 0.3 is 0 Å². The SMILES string of the molecule is C=C(Br)C(CC)NC(C)C. The summed E-state index contributed by atoms with van der Waals surface area (Å²) in [5.74, 6) is 0. The quantitative estimate of drug-likeness (QED) is 0.745. The molecule has 0 saturated heterocycles. The average molecular weight is 206 g/mol. The summed E-state index contributed by atoms with van der Waals surface area (Å²) in [6.07, 6.45) is 1.09. The van der Waals surface area contributed by atoms with Gasteiger partial charge in [0.2, 0.25) is 0 Å². The lowest BCUT2D eigenvalue weighted by atomic mass is 10.2. The van der Waals surface area contributed by atoms with Gasteiger partial charge in [-0.2, -0.15) is 0 Å². The highest BCUT2D eigenvalue weighted by molar-refractivity contribution is 9.11. The van der Waals surface area contributed by atoms with Crippen LogP contribution in [-0.4, -0.2) is 12.1 Å². The summed E-state index contributed by atoms with van der Waals surface area (Å²) < 4.78 is 1.05. The van der Waals surface area contributed by atoms with Crippen LogP contribution in [0.4, 0.5) is 0 Å². The summed E-state index contributed by atoms with van der Waals surface area (Å²) in [5.41, 5.74) is 0. The monoisotopic (exact) mass is 205 g/mol. The van der Waals surface area contributed by atoms with E-state index >= 15 is 0 Å². The second-order valence-corrected chi connectivity index (χ2v) is 3.75. The molecule has 0 bridgehead atoms. The molecular formula is C8H16BrN. The van der Waals surface area contributed by atoms with Crippen LogP contribution in [0, 0.1) is 0 Å². The summed E-state index contributed by atoms with van der Waals surface area (Å²) in [7, 11) is 0. The van der Waals surface area contributed by atoms with Gasteiger partial charge in [-0.05, 0) is 6.42 Å². The van der Waals surface area contributed by atoms with Crippen molar-refractivity contribution < 1.29 is 0 Å². The molecule has 0 aliphatic carbocycles. The predicted molar refractivity (Wildman–Crippen MR) is 50.4 cm³/mol. The molecule has 1 nitrogen and oxygen atoms in total. The van der Waals surface area contributed by atoms with E-state index in [0.29, 0.717) is 12.1 Å². The number of halogens is 1. The Hall–Kier alpha value is 0.180. The summed E-state index contributed by atoms with van der Waals surface area (Å²) in [5, 5.41) is 3.38. The van der Waals surface area contributed by atoms with Gasteiger partial charge in [-0.1, -0.05) is 43.3 Å². The summed E-state index contributed by atoms with van der Waals surface area (Å²) in [6, 6.07) is 0.944. The van der Waals surface area contributed by atoms with Crippen molar-refractivity contribution in [1.29, 1.82) is 0 Å². The molecule has 0 spiro atoms. The Morgan fingerprint density at radius 2 is 2.10 bits per heavy atom. The number of rotatable bonds is 4. The molecule has 0 aliphatic heterocycles. The maximum Gasteiger partial charge on any atom is 0.0379 e. The molecule has 0 aromatic carbocycles. The van der Waals surface area contributed by atoms with Crippen molar-refractivity contribution in [3.05, 3.63) is 11.1 Å². The fourth-order valence-corrected chi connectivity index (χ4v) is 1.29. The lowest BCUT2D eigenvalue weighted by molar-refractivity contribution is 0.510. The average Bonchev–Trinajstić information content (AvgIpc) is 1.81. The molecule has 0 aromatic heterocycles. The molecule has 1 N–H and O–H groups in total. The summed E-state index contributed by atoms with van der Waals surface area (Å²) >= 11 is 3.37. The van der Waals surface area contributed by atoms with E-state index in [4.69, 9.17) is 0 Å². The first-order valence-corrected chi connectivity index (χ1v) is 4.47. The Labute approximate surface area is 72.0 Å². The molecule has 0 rings (SSSR count). The molecule has 0 radical (unpaired) electrons. The van der Waals surface area contributed by atoms with E-state index < -0.39 is 0 Å². The van der Waals surface area contributed by atoms with Gasteiger partial charge in [0.25, 0.3) is 0 Å². The lowest BCUT2D eigenvalue weighted by Crippen LogP contribution is -2.34. The van der Waals surface area contributed by atoms with Crippen molar-refractivity contribution in [2.75, 3.05) is 0 Å². The van der Waals surface area contributed by atoms with Crippen molar-refractivity contribution in [3.8, 4) is 0 Å². The van der Waals surface area contributed by atoms with Gasteiger partial charge in [0.1, 0.15) is 0 Å². The second kappa shape index (κ2) is 4.91. The van der Waals surface area contributed by atoms with Crippen molar-refractivity contribution in [2.24, 2.45) is 0 Å².